The van der Waals surface area contributed by atoms with E-state index in [-0.39, 0.29) is 23.7 Å². The number of hydrogen-bond acceptors (Lipinski definition) is 6. The molecule has 2 aromatic carbocycles. The molecule has 0 aromatic heterocycles. The summed E-state index contributed by atoms with van der Waals surface area (Å²) in [7, 11) is 0. The molecule has 0 atom stereocenters. The predicted octanol–water partition coefficient (Wildman–Crippen LogP) is 3.87. The summed E-state index contributed by atoms with van der Waals surface area (Å²) in [5.41, 5.74) is 1.09. The molecular weight excluding hydrogens is 438 g/mol. The quantitative estimate of drug-likeness (QED) is 0.425. The molecule has 34 heavy (non-hydrogen) atoms. The first-order valence-corrected chi connectivity index (χ1v) is 11.7. The second-order valence-corrected chi connectivity index (χ2v) is 8.60. The lowest BCUT2D eigenvalue weighted by Gasteiger charge is -2.26. The number of carboxylic acids is 1. The predicted molar refractivity (Wildman–Crippen MR) is 124 cm³/mol. The van der Waals surface area contributed by atoms with Gasteiger partial charge in [0.25, 0.3) is 5.91 Å². The van der Waals surface area contributed by atoms with E-state index < -0.39 is 5.97 Å². The van der Waals surface area contributed by atoms with Crippen molar-refractivity contribution in [2.24, 2.45) is 5.92 Å². The number of carbonyl (C=O) groups excluding carboxylic acids is 2. The summed E-state index contributed by atoms with van der Waals surface area (Å²) in [5, 5.41) is 11.9. The number of ketones is 1. The zero-order chi connectivity index (χ0) is 23.9. The molecule has 2 aliphatic rings. The van der Waals surface area contributed by atoms with Crippen LogP contribution in [0.15, 0.2) is 42.5 Å². The first kappa shape index (κ1) is 23.6. The van der Waals surface area contributed by atoms with Crippen LogP contribution < -0.4 is 19.5 Å². The maximum atomic E-state index is 12.5. The van der Waals surface area contributed by atoms with E-state index in [1.165, 1.54) is 0 Å². The van der Waals surface area contributed by atoms with E-state index in [0.717, 1.165) is 12.8 Å². The molecule has 1 aliphatic carbocycles. The Balaban J connectivity index is 1.18. The van der Waals surface area contributed by atoms with Crippen molar-refractivity contribution in [1.82, 2.24) is 5.32 Å². The van der Waals surface area contributed by atoms with Crippen LogP contribution in [0.25, 0.3) is 0 Å². The first-order chi connectivity index (χ1) is 16.5. The van der Waals surface area contributed by atoms with Gasteiger partial charge in [0.2, 0.25) is 0 Å². The van der Waals surface area contributed by atoms with E-state index in [4.69, 9.17) is 19.3 Å². The average Bonchev–Trinajstić information content (AvgIpc) is 2.87. The molecule has 0 spiro atoms. The Morgan fingerprint density at radius 1 is 0.912 bits per heavy atom. The lowest BCUT2D eigenvalue weighted by molar-refractivity contribution is -0.143. The summed E-state index contributed by atoms with van der Waals surface area (Å²) >= 11 is 0. The van der Waals surface area contributed by atoms with Gasteiger partial charge < -0.3 is 24.6 Å². The van der Waals surface area contributed by atoms with E-state index >= 15 is 0 Å². The number of amides is 1. The Hall–Kier alpha value is -3.55. The van der Waals surface area contributed by atoms with Gasteiger partial charge in [-0.15, -0.1) is 0 Å². The van der Waals surface area contributed by atoms with Gasteiger partial charge in [-0.25, -0.2) is 0 Å². The number of fused-ring (bicyclic) bond motifs is 1. The summed E-state index contributed by atoms with van der Waals surface area (Å²) in [6, 6.07) is 12.1. The van der Waals surface area contributed by atoms with Crippen molar-refractivity contribution >= 4 is 17.7 Å². The van der Waals surface area contributed by atoms with Crippen molar-refractivity contribution in [2.45, 2.75) is 44.6 Å². The minimum Gasteiger partial charge on any atom is -0.490 e. The maximum absolute atomic E-state index is 12.5. The minimum absolute atomic E-state index is 0.00194. The zero-order valence-electron chi connectivity index (χ0n) is 19.0. The molecule has 0 bridgehead atoms. The summed E-state index contributed by atoms with van der Waals surface area (Å²) in [6.45, 7) is 1.35. The number of hydrogen-bond donors (Lipinski definition) is 2. The van der Waals surface area contributed by atoms with Gasteiger partial charge in [0.05, 0.1) is 12.0 Å². The van der Waals surface area contributed by atoms with Gasteiger partial charge >= 0.3 is 5.97 Å². The number of Topliss-reactive ketones (excluding diaryl/α,β-unsaturated/α-hetero) is 1. The number of benzene rings is 2. The number of nitrogens with one attached hydrogen (secondary N) is 1. The fourth-order valence-electron chi connectivity index (χ4n) is 4.22. The number of carboxylic acid groups (broad SMARTS) is 1. The van der Waals surface area contributed by atoms with E-state index in [1.54, 1.807) is 42.5 Å². The lowest BCUT2D eigenvalue weighted by Crippen LogP contribution is -2.27. The molecule has 2 N–H and O–H groups in total. The van der Waals surface area contributed by atoms with Crippen molar-refractivity contribution in [2.75, 3.05) is 19.8 Å². The molecule has 0 saturated heterocycles. The van der Waals surface area contributed by atoms with Gasteiger partial charge in [-0.1, -0.05) is 0 Å². The van der Waals surface area contributed by atoms with Crippen molar-refractivity contribution in [3.8, 4) is 17.2 Å². The molecule has 0 radical (unpaired) electrons. The highest BCUT2D eigenvalue weighted by Gasteiger charge is 2.27. The van der Waals surface area contributed by atoms with Crippen LogP contribution in [0.1, 0.15) is 59.2 Å². The minimum atomic E-state index is -0.732. The van der Waals surface area contributed by atoms with E-state index in [1.807, 2.05) is 0 Å². The normalized spacial score (nSPS) is 19.2. The zero-order valence-corrected chi connectivity index (χ0v) is 19.0. The Morgan fingerprint density at radius 2 is 1.59 bits per heavy atom. The van der Waals surface area contributed by atoms with Crippen molar-refractivity contribution in [3.63, 3.8) is 0 Å². The standard InChI is InChI=1S/C26H29NO7/c28-22(2-1-13-27-25(29)19-7-12-23-24(16-19)33-15-14-32-23)17-3-8-20(9-4-17)34-21-10-5-18(6-11-21)26(30)31/h3-4,7-9,12,16,18,21H,1-2,5-6,10-11,13-15H2,(H,27,29)(H,30,31). The molecule has 180 valence electrons. The second-order valence-electron chi connectivity index (χ2n) is 8.60. The molecular formula is C26H29NO7. The molecule has 1 aliphatic heterocycles. The van der Waals surface area contributed by atoms with Crippen molar-refractivity contribution in [3.05, 3.63) is 53.6 Å². The molecule has 1 amide bonds. The van der Waals surface area contributed by atoms with E-state index in [9.17, 15) is 14.4 Å². The second kappa shape index (κ2) is 11.0. The SMILES string of the molecule is O=C(CCCNC(=O)c1ccc2c(c1)OCCO2)c1ccc(OC2CCC(C(=O)O)CC2)cc1. The largest absolute Gasteiger partial charge is 0.490 e. The van der Waals surface area contributed by atoms with E-state index in [0.29, 0.717) is 73.8 Å². The number of ether oxygens (including phenoxy) is 3. The molecule has 1 saturated carbocycles. The van der Waals surface area contributed by atoms with Crippen LogP contribution in [0.5, 0.6) is 17.2 Å². The fourth-order valence-corrected chi connectivity index (χ4v) is 4.22. The van der Waals surface area contributed by atoms with Gasteiger partial charge in [0.1, 0.15) is 19.0 Å². The highest BCUT2D eigenvalue weighted by Crippen LogP contribution is 2.31. The van der Waals surface area contributed by atoms with Gasteiger partial charge in [-0.05, 0) is 74.6 Å². The van der Waals surface area contributed by atoms with E-state index in [2.05, 4.69) is 5.32 Å². The van der Waals surface area contributed by atoms with Crippen LogP contribution in [0.3, 0.4) is 0 Å². The molecule has 4 rings (SSSR count). The molecule has 2 aromatic rings. The van der Waals surface area contributed by atoms with Crippen LogP contribution in [0.4, 0.5) is 0 Å². The number of aliphatic carboxylic acids is 1. The van der Waals surface area contributed by atoms with Crippen LogP contribution in [-0.2, 0) is 4.79 Å². The Morgan fingerprint density at radius 3 is 2.29 bits per heavy atom. The monoisotopic (exact) mass is 467 g/mol. The smallest absolute Gasteiger partial charge is 0.306 e. The highest BCUT2D eigenvalue weighted by molar-refractivity contribution is 5.96. The third-order valence-electron chi connectivity index (χ3n) is 6.17. The van der Waals surface area contributed by atoms with Crippen molar-refractivity contribution < 1.29 is 33.7 Å². The topological polar surface area (TPSA) is 111 Å². The molecule has 1 heterocycles. The Kier molecular flexibility index (Phi) is 7.67. The summed E-state index contributed by atoms with van der Waals surface area (Å²) in [6.07, 6.45) is 3.55. The summed E-state index contributed by atoms with van der Waals surface area (Å²) < 4.78 is 16.9. The Bertz CT molecular complexity index is 1030. The maximum Gasteiger partial charge on any atom is 0.306 e. The highest BCUT2D eigenvalue weighted by atomic mass is 16.6. The van der Waals surface area contributed by atoms with Gasteiger partial charge in [-0.3, -0.25) is 14.4 Å². The molecule has 1 fully saturated rings. The van der Waals surface area contributed by atoms with Crippen LogP contribution in [0, 0.1) is 5.92 Å². The summed E-state index contributed by atoms with van der Waals surface area (Å²) in [5.74, 6) is 0.660. The number of carbonyl (C=O) groups is 3. The van der Waals surface area contributed by atoms with Gasteiger partial charge in [0.15, 0.2) is 17.3 Å². The number of rotatable bonds is 9. The Labute approximate surface area is 198 Å². The third-order valence-corrected chi connectivity index (χ3v) is 6.17. The van der Waals surface area contributed by atoms with Crippen LogP contribution in [-0.4, -0.2) is 48.6 Å². The molecule has 8 nitrogen and oxygen atoms in total. The van der Waals surface area contributed by atoms with Crippen LogP contribution in [0.2, 0.25) is 0 Å². The fraction of sp³-hybridized carbons (Fsp3) is 0.423. The lowest BCUT2D eigenvalue weighted by atomic mass is 9.87. The average molecular weight is 468 g/mol. The third kappa shape index (κ3) is 6.07. The van der Waals surface area contributed by atoms with Crippen molar-refractivity contribution in [1.29, 1.82) is 0 Å². The summed E-state index contributed by atoms with van der Waals surface area (Å²) in [4.78, 5) is 35.9. The van der Waals surface area contributed by atoms with Crippen LogP contribution >= 0.6 is 0 Å². The molecule has 8 heteroatoms. The molecule has 0 unspecified atom stereocenters. The van der Waals surface area contributed by atoms with Gasteiger partial charge in [0, 0.05) is 24.1 Å². The first-order valence-electron chi connectivity index (χ1n) is 11.7. The van der Waals surface area contributed by atoms with Gasteiger partial charge in [-0.2, -0.15) is 0 Å².